The van der Waals surface area contributed by atoms with Crippen LogP contribution in [0.5, 0.6) is 5.75 Å². The Morgan fingerprint density at radius 3 is 2.00 bits per heavy atom. The van der Waals surface area contributed by atoms with Gasteiger partial charge in [0, 0.05) is 13.1 Å². The van der Waals surface area contributed by atoms with Crippen LogP contribution in [-0.4, -0.2) is 44.0 Å². The molecule has 6 N–H and O–H groups in total. The van der Waals surface area contributed by atoms with E-state index in [1.807, 2.05) is 84.9 Å². The number of guanidine groups is 1. The molecule has 3 aromatic carbocycles. The van der Waals surface area contributed by atoms with Crippen LogP contribution >= 0.6 is 0 Å². The summed E-state index contributed by atoms with van der Waals surface area (Å²) < 4.78 is 5.19. The molecule has 0 spiro atoms. The van der Waals surface area contributed by atoms with E-state index in [4.69, 9.17) is 16.2 Å². The lowest BCUT2D eigenvalue weighted by molar-refractivity contribution is -0.129. The molecule has 0 saturated heterocycles. The minimum absolute atomic E-state index is 0.00209. The van der Waals surface area contributed by atoms with Crippen LogP contribution in [0.3, 0.4) is 0 Å². The number of rotatable bonds is 13. The minimum Gasteiger partial charge on any atom is -0.497 e. The fraction of sp³-hybridized carbons (Fsp3) is 0.276. The maximum Gasteiger partial charge on any atom is 0.242 e. The highest BCUT2D eigenvalue weighted by molar-refractivity contribution is 5.92. The quantitative estimate of drug-likeness (QED) is 0.162. The molecule has 0 aliphatic heterocycles. The number of hydrogen-bond donors (Lipinski definition) is 4. The molecule has 37 heavy (non-hydrogen) atoms. The third-order valence-corrected chi connectivity index (χ3v) is 5.98. The number of nitrogens with zero attached hydrogens (tertiary/aromatic N) is 1. The van der Waals surface area contributed by atoms with E-state index in [9.17, 15) is 9.59 Å². The zero-order chi connectivity index (χ0) is 26.5. The van der Waals surface area contributed by atoms with E-state index in [-0.39, 0.29) is 17.8 Å². The second-order valence-corrected chi connectivity index (χ2v) is 8.65. The highest BCUT2D eigenvalue weighted by Crippen LogP contribution is 2.25. The lowest BCUT2D eigenvalue weighted by Crippen LogP contribution is -2.48. The molecule has 0 radical (unpaired) electrons. The van der Waals surface area contributed by atoms with Gasteiger partial charge in [0.05, 0.1) is 13.0 Å². The van der Waals surface area contributed by atoms with Gasteiger partial charge in [-0.25, -0.2) is 0 Å². The van der Waals surface area contributed by atoms with Crippen LogP contribution in [0.1, 0.15) is 35.4 Å². The molecule has 0 saturated carbocycles. The van der Waals surface area contributed by atoms with E-state index in [1.165, 1.54) is 0 Å². The third-order valence-electron chi connectivity index (χ3n) is 5.98. The van der Waals surface area contributed by atoms with E-state index in [2.05, 4.69) is 15.6 Å². The number of benzene rings is 3. The standard InChI is InChI=1S/C29H35N5O3/c1-37-24-16-14-21(15-17-24)18-20-32-27(35)25(13-8-19-33-29(30)31)34-28(36)26(22-9-4-2-5-10-22)23-11-6-3-7-12-23/h2-7,9-12,14-17,25-26H,8,13,18-20H2,1H3,(H,32,35)(H,34,36)(H4,30,31,33)/t25-/m0/s1. The van der Waals surface area contributed by atoms with Gasteiger partial charge in [0.1, 0.15) is 11.8 Å². The topological polar surface area (TPSA) is 132 Å². The molecule has 0 aliphatic carbocycles. The zero-order valence-electron chi connectivity index (χ0n) is 21.1. The van der Waals surface area contributed by atoms with Crippen molar-refractivity contribution < 1.29 is 14.3 Å². The predicted octanol–water partition coefficient (Wildman–Crippen LogP) is 2.72. The summed E-state index contributed by atoms with van der Waals surface area (Å²) in [5.74, 6) is -0.254. The van der Waals surface area contributed by atoms with Crippen molar-refractivity contribution in [1.82, 2.24) is 10.6 Å². The average Bonchev–Trinajstić information content (AvgIpc) is 2.92. The first kappa shape index (κ1) is 27.3. The summed E-state index contributed by atoms with van der Waals surface area (Å²) in [6, 6.07) is 26.1. The summed E-state index contributed by atoms with van der Waals surface area (Å²) in [4.78, 5) is 30.7. The summed E-state index contributed by atoms with van der Waals surface area (Å²) in [5.41, 5.74) is 13.6. The molecule has 1 atom stereocenters. The molecule has 8 heteroatoms. The van der Waals surface area contributed by atoms with Crippen LogP contribution in [0.25, 0.3) is 0 Å². The summed E-state index contributed by atoms with van der Waals surface area (Å²) in [7, 11) is 1.62. The van der Waals surface area contributed by atoms with Gasteiger partial charge in [-0.05, 0) is 48.1 Å². The number of amides is 2. The van der Waals surface area contributed by atoms with Gasteiger partial charge in [0.2, 0.25) is 11.8 Å². The number of ether oxygens (including phenoxy) is 1. The van der Waals surface area contributed by atoms with E-state index in [1.54, 1.807) is 7.11 Å². The van der Waals surface area contributed by atoms with Crippen molar-refractivity contribution in [3.63, 3.8) is 0 Å². The molecule has 0 unspecified atom stereocenters. The Balaban J connectivity index is 1.71. The van der Waals surface area contributed by atoms with Crippen molar-refractivity contribution in [2.24, 2.45) is 16.5 Å². The lowest BCUT2D eigenvalue weighted by atomic mass is 9.90. The summed E-state index contributed by atoms with van der Waals surface area (Å²) in [5, 5.41) is 5.95. The predicted molar refractivity (Wildman–Crippen MR) is 146 cm³/mol. The molecule has 0 heterocycles. The Morgan fingerprint density at radius 2 is 1.46 bits per heavy atom. The molecular weight excluding hydrogens is 466 g/mol. The van der Waals surface area contributed by atoms with E-state index < -0.39 is 12.0 Å². The van der Waals surface area contributed by atoms with Gasteiger partial charge in [-0.15, -0.1) is 0 Å². The lowest BCUT2D eigenvalue weighted by Gasteiger charge is -2.23. The van der Waals surface area contributed by atoms with Gasteiger partial charge in [0.25, 0.3) is 0 Å². The van der Waals surface area contributed by atoms with E-state index in [0.717, 1.165) is 22.4 Å². The molecule has 0 aromatic heterocycles. The van der Waals surface area contributed by atoms with Crippen molar-refractivity contribution in [2.75, 3.05) is 20.2 Å². The first-order chi connectivity index (χ1) is 18.0. The van der Waals surface area contributed by atoms with Gasteiger partial charge in [-0.2, -0.15) is 0 Å². The van der Waals surface area contributed by atoms with Crippen molar-refractivity contribution in [2.45, 2.75) is 31.2 Å². The molecular formula is C29H35N5O3. The molecule has 2 amide bonds. The van der Waals surface area contributed by atoms with Crippen LogP contribution in [0.15, 0.2) is 89.9 Å². The van der Waals surface area contributed by atoms with Crippen LogP contribution in [0.4, 0.5) is 0 Å². The van der Waals surface area contributed by atoms with Crippen molar-refractivity contribution in [1.29, 1.82) is 0 Å². The fourth-order valence-corrected chi connectivity index (χ4v) is 4.06. The monoisotopic (exact) mass is 501 g/mol. The van der Waals surface area contributed by atoms with Crippen LogP contribution in [0.2, 0.25) is 0 Å². The molecule has 0 fully saturated rings. The van der Waals surface area contributed by atoms with E-state index >= 15 is 0 Å². The Kier molecular flexibility index (Phi) is 10.5. The normalized spacial score (nSPS) is 11.4. The summed E-state index contributed by atoms with van der Waals surface area (Å²) in [6.07, 6.45) is 1.59. The Hall–Kier alpha value is -4.33. The molecule has 0 bridgehead atoms. The first-order valence-electron chi connectivity index (χ1n) is 12.3. The van der Waals surface area contributed by atoms with Gasteiger partial charge < -0.3 is 26.8 Å². The smallest absolute Gasteiger partial charge is 0.242 e. The fourth-order valence-electron chi connectivity index (χ4n) is 4.06. The van der Waals surface area contributed by atoms with Crippen molar-refractivity contribution in [3.8, 4) is 5.75 Å². The Morgan fingerprint density at radius 1 is 0.865 bits per heavy atom. The largest absolute Gasteiger partial charge is 0.497 e. The van der Waals surface area contributed by atoms with Crippen LogP contribution in [0, 0.1) is 0 Å². The zero-order valence-corrected chi connectivity index (χ0v) is 21.1. The SMILES string of the molecule is COc1ccc(CCNC(=O)[C@H](CCCN=C(N)N)NC(=O)C(c2ccccc2)c2ccccc2)cc1. The highest BCUT2D eigenvalue weighted by atomic mass is 16.5. The first-order valence-corrected chi connectivity index (χ1v) is 12.3. The number of carbonyl (C=O) groups is 2. The molecule has 194 valence electrons. The Bertz CT molecular complexity index is 1110. The third kappa shape index (κ3) is 8.68. The molecule has 3 rings (SSSR count). The van der Waals surface area contributed by atoms with Crippen LogP contribution in [-0.2, 0) is 16.0 Å². The summed E-state index contributed by atoms with van der Waals surface area (Å²) >= 11 is 0. The maximum absolute atomic E-state index is 13.6. The summed E-state index contributed by atoms with van der Waals surface area (Å²) in [6.45, 7) is 0.806. The Labute approximate surface area is 218 Å². The van der Waals surface area contributed by atoms with E-state index in [0.29, 0.717) is 32.4 Å². The molecule has 3 aromatic rings. The van der Waals surface area contributed by atoms with Gasteiger partial charge in [-0.3, -0.25) is 14.6 Å². The molecule has 0 aliphatic rings. The highest BCUT2D eigenvalue weighted by Gasteiger charge is 2.27. The second-order valence-electron chi connectivity index (χ2n) is 8.65. The minimum atomic E-state index is -0.729. The number of nitrogens with one attached hydrogen (secondary N) is 2. The number of aliphatic imine (C=N–C) groups is 1. The van der Waals surface area contributed by atoms with Gasteiger partial charge >= 0.3 is 0 Å². The number of carbonyl (C=O) groups excluding carboxylic acids is 2. The van der Waals surface area contributed by atoms with Gasteiger partial charge in [0.15, 0.2) is 5.96 Å². The number of methoxy groups -OCH3 is 1. The van der Waals surface area contributed by atoms with Crippen molar-refractivity contribution in [3.05, 3.63) is 102 Å². The van der Waals surface area contributed by atoms with Crippen molar-refractivity contribution >= 4 is 17.8 Å². The second kappa shape index (κ2) is 14.3. The average molecular weight is 502 g/mol. The van der Waals surface area contributed by atoms with Gasteiger partial charge in [-0.1, -0.05) is 72.8 Å². The molecule has 8 nitrogen and oxygen atoms in total. The number of hydrogen-bond acceptors (Lipinski definition) is 4. The maximum atomic E-state index is 13.6. The number of nitrogens with two attached hydrogens (primary N) is 2. The van der Waals surface area contributed by atoms with Crippen LogP contribution < -0.4 is 26.8 Å².